The Labute approximate surface area is 176 Å². The van der Waals surface area contributed by atoms with Crippen LogP contribution < -0.4 is 9.64 Å². The number of aromatic nitrogens is 2. The number of rotatable bonds is 3. The van der Waals surface area contributed by atoms with E-state index in [0.717, 1.165) is 37.6 Å². The van der Waals surface area contributed by atoms with Gasteiger partial charge < -0.3 is 19.5 Å². The first-order chi connectivity index (χ1) is 14.8. The number of benzene rings is 1. The number of halogens is 3. The number of nitrogens with one attached hydrogen (secondary N) is 1. The highest BCUT2D eigenvalue weighted by Gasteiger charge is 2.42. The molecule has 31 heavy (non-hydrogen) atoms. The van der Waals surface area contributed by atoms with Crippen molar-refractivity contribution in [3.05, 3.63) is 42.7 Å². The summed E-state index contributed by atoms with van der Waals surface area (Å²) in [6.45, 7) is 4.17. The number of H-pyrrole nitrogens is 1. The summed E-state index contributed by atoms with van der Waals surface area (Å²) in [7, 11) is 2.15. The number of hydrogen-bond acceptors (Lipinski definition) is 5. The van der Waals surface area contributed by atoms with Gasteiger partial charge in [-0.05, 0) is 42.6 Å². The Balaban J connectivity index is 1.42. The number of nitrogens with zero attached hydrogens (tertiary/aromatic N) is 3. The van der Waals surface area contributed by atoms with Crippen molar-refractivity contribution in [1.82, 2.24) is 14.9 Å². The lowest BCUT2D eigenvalue weighted by molar-refractivity contribution is -0.189. The molecule has 1 N–H and O–H groups in total. The fraction of sp³-hybridized carbons (Fsp3) is 0.364. The van der Waals surface area contributed by atoms with Gasteiger partial charge in [-0.3, -0.25) is 0 Å². The summed E-state index contributed by atoms with van der Waals surface area (Å²) in [5.41, 5.74) is 1.95. The Kier molecular flexibility index (Phi) is 4.65. The van der Waals surface area contributed by atoms with Crippen LogP contribution in [0.15, 0.2) is 42.7 Å². The van der Waals surface area contributed by atoms with Gasteiger partial charge in [0.15, 0.2) is 5.75 Å². The van der Waals surface area contributed by atoms with Gasteiger partial charge >= 0.3 is 12.1 Å². The normalized spacial score (nSPS) is 21.6. The number of esters is 1. The number of anilines is 1. The molecule has 4 heterocycles. The summed E-state index contributed by atoms with van der Waals surface area (Å²) < 4.78 is 42.6. The summed E-state index contributed by atoms with van der Waals surface area (Å²) in [5.74, 6) is -0.196. The van der Waals surface area contributed by atoms with E-state index in [1.807, 2.05) is 12.1 Å². The van der Waals surface area contributed by atoms with Crippen LogP contribution in [0.5, 0.6) is 5.75 Å². The number of hydrogen-bond donors (Lipinski definition) is 1. The molecule has 3 aromatic rings. The largest absolute Gasteiger partial charge is 0.491 e. The van der Waals surface area contributed by atoms with Gasteiger partial charge in [0, 0.05) is 49.7 Å². The molecule has 2 aromatic heterocycles. The minimum absolute atomic E-state index is 0.159. The predicted molar refractivity (Wildman–Crippen MR) is 110 cm³/mol. The standard InChI is InChI=1S/C22H21F3N4O2/c1-28-9-14-11-29(12-15(14)10-28)19-6-5-13(7-27-19)16-3-2-4-17-20(16)18(8-26-17)31-21(30)22(23,24)25/h2-8,14-15,26H,9-12H2,1H3. The molecular weight excluding hydrogens is 409 g/mol. The molecule has 5 rings (SSSR count). The molecule has 0 amide bonds. The Morgan fingerprint density at radius 1 is 1.13 bits per heavy atom. The quantitative estimate of drug-likeness (QED) is 0.643. The third-order valence-electron chi connectivity index (χ3n) is 6.16. The van der Waals surface area contributed by atoms with Crippen LogP contribution in [0.2, 0.25) is 0 Å². The molecule has 1 aromatic carbocycles. The molecule has 2 aliphatic heterocycles. The summed E-state index contributed by atoms with van der Waals surface area (Å²) in [5, 5.41) is 0.411. The monoisotopic (exact) mass is 430 g/mol. The van der Waals surface area contributed by atoms with Crippen molar-refractivity contribution >= 4 is 22.7 Å². The zero-order valence-electron chi connectivity index (χ0n) is 16.8. The van der Waals surface area contributed by atoms with Crippen molar-refractivity contribution in [2.45, 2.75) is 6.18 Å². The molecule has 0 bridgehead atoms. The summed E-state index contributed by atoms with van der Waals surface area (Å²) in [6.07, 6.45) is -2.09. The van der Waals surface area contributed by atoms with E-state index < -0.39 is 12.1 Å². The van der Waals surface area contributed by atoms with Crippen LogP contribution in [0.1, 0.15) is 0 Å². The lowest BCUT2D eigenvalue weighted by Gasteiger charge is -2.20. The minimum Gasteiger partial charge on any atom is -0.418 e. The summed E-state index contributed by atoms with van der Waals surface area (Å²) in [6, 6.07) is 9.11. The first-order valence-corrected chi connectivity index (χ1v) is 10.1. The lowest BCUT2D eigenvalue weighted by Crippen LogP contribution is -2.27. The van der Waals surface area contributed by atoms with Crippen molar-refractivity contribution in [2.24, 2.45) is 11.8 Å². The molecule has 2 fully saturated rings. The van der Waals surface area contributed by atoms with Gasteiger partial charge in [0.05, 0.1) is 5.39 Å². The van der Waals surface area contributed by atoms with Gasteiger partial charge in [-0.1, -0.05) is 12.1 Å². The molecule has 0 radical (unpaired) electrons. The van der Waals surface area contributed by atoms with Gasteiger partial charge in [0.1, 0.15) is 5.82 Å². The third kappa shape index (κ3) is 3.63. The second-order valence-electron chi connectivity index (χ2n) is 8.32. The predicted octanol–water partition coefficient (Wildman–Crippen LogP) is 3.70. The molecule has 2 atom stereocenters. The van der Waals surface area contributed by atoms with Crippen LogP contribution in [-0.2, 0) is 4.79 Å². The van der Waals surface area contributed by atoms with Crippen LogP contribution in [0.25, 0.3) is 22.0 Å². The molecule has 0 aliphatic carbocycles. The molecule has 9 heteroatoms. The Hall–Kier alpha value is -3.07. The van der Waals surface area contributed by atoms with Crippen LogP contribution in [-0.4, -0.2) is 60.2 Å². The molecular formula is C22H21F3N4O2. The Morgan fingerprint density at radius 3 is 2.52 bits per heavy atom. The van der Waals surface area contributed by atoms with Crippen LogP contribution in [0.4, 0.5) is 19.0 Å². The van der Waals surface area contributed by atoms with Crippen LogP contribution >= 0.6 is 0 Å². The molecule has 0 saturated carbocycles. The van der Waals surface area contributed by atoms with Gasteiger partial charge in [0.2, 0.25) is 0 Å². The van der Waals surface area contributed by atoms with Gasteiger partial charge in [-0.15, -0.1) is 0 Å². The zero-order chi connectivity index (χ0) is 21.8. The number of fused-ring (bicyclic) bond motifs is 2. The average molecular weight is 430 g/mol. The smallest absolute Gasteiger partial charge is 0.418 e. The highest BCUT2D eigenvalue weighted by Crippen LogP contribution is 2.37. The van der Waals surface area contributed by atoms with Crippen molar-refractivity contribution in [1.29, 1.82) is 0 Å². The first kappa shape index (κ1) is 19.9. The van der Waals surface area contributed by atoms with E-state index >= 15 is 0 Å². The maximum atomic E-state index is 12.7. The maximum Gasteiger partial charge on any atom is 0.491 e. The van der Waals surface area contributed by atoms with E-state index in [0.29, 0.717) is 28.3 Å². The maximum absolute atomic E-state index is 12.7. The second-order valence-corrected chi connectivity index (χ2v) is 8.32. The number of ether oxygens (including phenoxy) is 1. The Morgan fingerprint density at radius 2 is 1.87 bits per heavy atom. The topological polar surface area (TPSA) is 61.5 Å². The van der Waals surface area contributed by atoms with Gasteiger partial charge in [0.25, 0.3) is 0 Å². The molecule has 162 valence electrons. The fourth-order valence-electron chi connectivity index (χ4n) is 4.78. The van der Waals surface area contributed by atoms with Crippen molar-refractivity contribution in [3.8, 4) is 16.9 Å². The molecule has 2 unspecified atom stereocenters. The van der Waals surface area contributed by atoms with Gasteiger partial charge in [-0.25, -0.2) is 9.78 Å². The second kappa shape index (κ2) is 7.26. The number of alkyl halides is 3. The van der Waals surface area contributed by atoms with E-state index in [-0.39, 0.29) is 5.75 Å². The number of pyridine rings is 1. The SMILES string of the molecule is CN1CC2CN(c3ccc(-c4cccc5[nH]cc(OC(=O)C(F)(F)F)c45)cn3)CC2C1. The zero-order valence-corrected chi connectivity index (χ0v) is 16.8. The van der Waals surface area contributed by atoms with E-state index in [1.165, 1.54) is 6.20 Å². The van der Waals surface area contributed by atoms with E-state index in [9.17, 15) is 18.0 Å². The Bertz CT molecular complexity index is 1110. The van der Waals surface area contributed by atoms with Crippen molar-refractivity contribution < 1.29 is 22.7 Å². The lowest BCUT2D eigenvalue weighted by atomic mass is 10.0. The third-order valence-corrected chi connectivity index (χ3v) is 6.16. The highest BCUT2D eigenvalue weighted by molar-refractivity contribution is 6.01. The number of likely N-dealkylation sites (tertiary alicyclic amines) is 1. The number of aromatic amines is 1. The van der Waals surface area contributed by atoms with Crippen molar-refractivity contribution in [3.63, 3.8) is 0 Å². The van der Waals surface area contributed by atoms with Crippen molar-refractivity contribution in [2.75, 3.05) is 38.1 Å². The molecule has 2 saturated heterocycles. The summed E-state index contributed by atoms with van der Waals surface area (Å²) >= 11 is 0. The van der Waals surface area contributed by atoms with Crippen LogP contribution in [0, 0.1) is 11.8 Å². The van der Waals surface area contributed by atoms with E-state index in [1.54, 1.807) is 24.4 Å². The average Bonchev–Trinajstić information content (AvgIpc) is 3.40. The van der Waals surface area contributed by atoms with E-state index in [2.05, 4.69) is 31.6 Å². The highest BCUT2D eigenvalue weighted by atomic mass is 19.4. The summed E-state index contributed by atoms with van der Waals surface area (Å²) in [4.78, 5) is 23.5. The first-order valence-electron chi connectivity index (χ1n) is 10.1. The number of carbonyl (C=O) groups is 1. The molecule has 0 spiro atoms. The van der Waals surface area contributed by atoms with Gasteiger partial charge in [-0.2, -0.15) is 13.2 Å². The van der Waals surface area contributed by atoms with E-state index in [4.69, 9.17) is 0 Å². The fourth-order valence-corrected chi connectivity index (χ4v) is 4.78. The van der Waals surface area contributed by atoms with Crippen LogP contribution in [0.3, 0.4) is 0 Å². The molecule has 2 aliphatic rings. The minimum atomic E-state index is -5.06. The number of carbonyl (C=O) groups excluding carboxylic acids is 1. The molecule has 6 nitrogen and oxygen atoms in total.